The second kappa shape index (κ2) is 2.99. The van der Waals surface area contributed by atoms with Gasteiger partial charge in [0.1, 0.15) is 11.9 Å². The summed E-state index contributed by atoms with van der Waals surface area (Å²) in [5.41, 5.74) is 2.80. The van der Waals surface area contributed by atoms with Crippen LogP contribution in [0, 0.1) is 0 Å². The predicted molar refractivity (Wildman–Crippen MR) is 55.6 cm³/mol. The summed E-state index contributed by atoms with van der Waals surface area (Å²) in [4.78, 5) is 0. The average molecular weight is 189 g/mol. The lowest BCUT2D eigenvalue weighted by Gasteiger charge is -2.28. The van der Waals surface area contributed by atoms with E-state index in [-0.39, 0.29) is 0 Å². The van der Waals surface area contributed by atoms with Crippen molar-refractivity contribution in [2.24, 2.45) is 0 Å². The molecule has 1 N–H and O–H groups in total. The molecule has 0 amide bonds. The van der Waals surface area contributed by atoms with E-state index in [1.165, 1.54) is 17.5 Å². The standard InChI is InChI=1S/C12H15NO/c1-8-6-10-7-9(11-4-5-13-11)2-3-12(10)14-8/h2-3,7-8,11,13H,4-6H2,1H3. The van der Waals surface area contributed by atoms with Crippen LogP contribution in [0.2, 0.25) is 0 Å². The number of nitrogens with one attached hydrogen (secondary N) is 1. The van der Waals surface area contributed by atoms with Crippen LogP contribution in [-0.2, 0) is 6.42 Å². The molecule has 1 saturated heterocycles. The zero-order chi connectivity index (χ0) is 9.54. The summed E-state index contributed by atoms with van der Waals surface area (Å²) in [7, 11) is 0. The maximum atomic E-state index is 5.67. The minimum atomic E-state index is 0.356. The maximum Gasteiger partial charge on any atom is 0.123 e. The van der Waals surface area contributed by atoms with Gasteiger partial charge in [-0.2, -0.15) is 0 Å². The van der Waals surface area contributed by atoms with E-state index in [0.29, 0.717) is 12.1 Å². The van der Waals surface area contributed by atoms with Crippen LogP contribution < -0.4 is 10.1 Å². The molecule has 3 rings (SSSR count). The van der Waals surface area contributed by atoms with E-state index in [0.717, 1.165) is 18.7 Å². The Kier molecular flexibility index (Phi) is 1.77. The molecule has 2 heterocycles. The molecule has 1 aromatic rings. The highest BCUT2D eigenvalue weighted by Crippen LogP contribution is 2.32. The van der Waals surface area contributed by atoms with Crippen molar-refractivity contribution in [3.05, 3.63) is 29.3 Å². The SMILES string of the molecule is CC1Cc2cc(C3CCN3)ccc2O1. The van der Waals surface area contributed by atoms with Gasteiger partial charge < -0.3 is 10.1 Å². The van der Waals surface area contributed by atoms with E-state index in [9.17, 15) is 0 Å². The van der Waals surface area contributed by atoms with E-state index in [1.54, 1.807) is 0 Å². The number of rotatable bonds is 1. The molecule has 0 aliphatic carbocycles. The molecule has 2 unspecified atom stereocenters. The number of fused-ring (bicyclic) bond motifs is 1. The smallest absolute Gasteiger partial charge is 0.123 e. The van der Waals surface area contributed by atoms with E-state index in [1.807, 2.05) is 0 Å². The summed E-state index contributed by atoms with van der Waals surface area (Å²) in [6.45, 7) is 3.29. The highest BCUT2D eigenvalue weighted by atomic mass is 16.5. The summed E-state index contributed by atoms with van der Waals surface area (Å²) in [6.07, 6.45) is 2.69. The first kappa shape index (κ1) is 8.30. The monoisotopic (exact) mass is 189 g/mol. The fourth-order valence-corrected chi connectivity index (χ4v) is 2.23. The Labute approximate surface area is 84.3 Å². The number of hydrogen-bond acceptors (Lipinski definition) is 2. The summed E-state index contributed by atoms with van der Waals surface area (Å²) in [6, 6.07) is 7.20. The third kappa shape index (κ3) is 1.22. The Bertz CT molecular complexity index is 357. The van der Waals surface area contributed by atoms with Crippen LogP contribution in [0.25, 0.3) is 0 Å². The van der Waals surface area contributed by atoms with Crippen molar-refractivity contribution < 1.29 is 4.74 Å². The lowest BCUT2D eigenvalue weighted by atomic mass is 9.95. The van der Waals surface area contributed by atoms with Gasteiger partial charge in [0.15, 0.2) is 0 Å². The summed E-state index contributed by atoms with van der Waals surface area (Å²) in [5, 5.41) is 3.42. The minimum Gasteiger partial charge on any atom is -0.490 e. The van der Waals surface area contributed by atoms with Gasteiger partial charge >= 0.3 is 0 Å². The molecular formula is C12H15NO. The van der Waals surface area contributed by atoms with Crippen LogP contribution in [0.4, 0.5) is 0 Å². The Hall–Kier alpha value is -1.02. The molecular weight excluding hydrogens is 174 g/mol. The lowest BCUT2D eigenvalue weighted by molar-refractivity contribution is 0.254. The quantitative estimate of drug-likeness (QED) is 0.730. The van der Waals surface area contributed by atoms with Crippen molar-refractivity contribution in [2.45, 2.75) is 31.9 Å². The van der Waals surface area contributed by atoms with E-state index < -0.39 is 0 Å². The zero-order valence-electron chi connectivity index (χ0n) is 8.42. The second-order valence-corrected chi connectivity index (χ2v) is 4.30. The van der Waals surface area contributed by atoms with Gasteiger partial charge in [-0.05, 0) is 37.1 Å². The van der Waals surface area contributed by atoms with Crippen LogP contribution in [0.3, 0.4) is 0 Å². The van der Waals surface area contributed by atoms with Crippen molar-refractivity contribution in [2.75, 3.05) is 6.54 Å². The van der Waals surface area contributed by atoms with Crippen molar-refractivity contribution >= 4 is 0 Å². The first-order chi connectivity index (χ1) is 6.83. The molecule has 1 aromatic carbocycles. The predicted octanol–water partition coefficient (Wildman–Crippen LogP) is 2.04. The van der Waals surface area contributed by atoms with E-state index in [2.05, 4.69) is 30.4 Å². The molecule has 0 aromatic heterocycles. The molecule has 0 saturated carbocycles. The van der Waals surface area contributed by atoms with Gasteiger partial charge in [-0.1, -0.05) is 12.1 Å². The van der Waals surface area contributed by atoms with Crippen molar-refractivity contribution in [3.8, 4) is 5.75 Å². The highest BCUT2D eigenvalue weighted by Gasteiger charge is 2.23. The van der Waals surface area contributed by atoms with Crippen LogP contribution in [0.5, 0.6) is 5.75 Å². The number of hydrogen-bond donors (Lipinski definition) is 1. The first-order valence-electron chi connectivity index (χ1n) is 5.36. The maximum absolute atomic E-state index is 5.67. The van der Waals surface area contributed by atoms with Crippen molar-refractivity contribution in [3.63, 3.8) is 0 Å². The first-order valence-corrected chi connectivity index (χ1v) is 5.36. The zero-order valence-corrected chi connectivity index (χ0v) is 8.42. The molecule has 2 nitrogen and oxygen atoms in total. The molecule has 2 aliphatic heterocycles. The minimum absolute atomic E-state index is 0.356. The molecule has 2 atom stereocenters. The molecule has 1 fully saturated rings. The number of ether oxygens (including phenoxy) is 1. The normalized spacial score (nSPS) is 29.2. The van der Waals surface area contributed by atoms with E-state index in [4.69, 9.17) is 4.74 Å². The van der Waals surface area contributed by atoms with Gasteiger partial charge in [-0.3, -0.25) is 0 Å². The third-order valence-corrected chi connectivity index (χ3v) is 3.15. The number of benzene rings is 1. The Morgan fingerprint density at radius 3 is 3.00 bits per heavy atom. The van der Waals surface area contributed by atoms with Crippen LogP contribution in [-0.4, -0.2) is 12.6 Å². The summed E-state index contributed by atoms with van der Waals surface area (Å²) in [5.74, 6) is 1.08. The van der Waals surface area contributed by atoms with Gasteiger partial charge in [0.25, 0.3) is 0 Å². The van der Waals surface area contributed by atoms with Gasteiger partial charge in [0.2, 0.25) is 0 Å². The molecule has 74 valence electrons. The highest BCUT2D eigenvalue weighted by molar-refractivity contribution is 5.41. The second-order valence-electron chi connectivity index (χ2n) is 4.30. The molecule has 0 spiro atoms. The molecule has 14 heavy (non-hydrogen) atoms. The fourth-order valence-electron chi connectivity index (χ4n) is 2.23. The largest absolute Gasteiger partial charge is 0.490 e. The molecule has 0 radical (unpaired) electrons. The van der Waals surface area contributed by atoms with Gasteiger partial charge in [0.05, 0.1) is 0 Å². The van der Waals surface area contributed by atoms with Crippen LogP contribution in [0.15, 0.2) is 18.2 Å². The van der Waals surface area contributed by atoms with Crippen molar-refractivity contribution in [1.29, 1.82) is 0 Å². The molecule has 2 aliphatic rings. The van der Waals surface area contributed by atoms with Crippen LogP contribution >= 0.6 is 0 Å². The van der Waals surface area contributed by atoms with Crippen LogP contribution in [0.1, 0.15) is 30.5 Å². The third-order valence-electron chi connectivity index (χ3n) is 3.15. The Morgan fingerprint density at radius 1 is 1.43 bits per heavy atom. The molecule has 0 bridgehead atoms. The van der Waals surface area contributed by atoms with Crippen molar-refractivity contribution in [1.82, 2.24) is 5.32 Å². The van der Waals surface area contributed by atoms with E-state index >= 15 is 0 Å². The lowest BCUT2D eigenvalue weighted by Crippen LogP contribution is -2.34. The summed E-state index contributed by atoms with van der Waals surface area (Å²) >= 11 is 0. The van der Waals surface area contributed by atoms with Gasteiger partial charge in [-0.15, -0.1) is 0 Å². The van der Waals surface area contributed by atoms with Gasteiger partial charge in [0, 0.05) is 12.5 Å². The average Bonchev–Trinajstić information content (AvgIpc) is 2.40. The topological polar surface area (TPSA) is 21.3 Å². The summed E-state index contributed by atoms with van der Waals surface area (Å²) < 4.78 is 5.67. The molecule has 2 heteroatoms. The Balaban J connectivity index is 1.91. The fraction of sp³-hybridized carbons (Fsp3) is 0.500. The van der Waals surface area contributed by atoms with Gasteiger partial charge in [-0.25, -0.2) is 0 Å². The Morgan fingerprint density at radius 2 is 2.29 bits per heavy atom.